The minimum absolute atomic E-state index is 0.308. The van der Waals surface area contributed by atoms with E-state index in [1.165, 1.54) is 0 Å². The van der Waals surface area contributed by atoms with Gasteiger partial charge in [-0.1, -0.05) is 45.6 Å². The zero-order chi connectivity index (χ0) is 12.1. The Morgan fingerprint density at radius 2 is 1.87 bits per heavy atom. The summed E-state index contributed by atoms with van der Waals surface area (Å²) in [4.78, 5) is 0. The summed E-state index contributed by atoms with van der Waals surface area (Å²) in [5.41, 5.74) is 1.11. The normalized spacial score (nSPS) is 12.6. The van der Waals surface area contributed by atoms with Crippen LogP contribution in [0.15, 0.2) is 24.8 Å². The highest BCUT2D eigenvalue weighted by atomic mass is 28.4. The lowest BCUT2D eigenvalue weighted by Gasteiger charge is -2.36. The molecule has 0 N–H and O–H groups in total. The van der Waals surface area contributed by atoms with Crippen LogP contribution >= 0.6 is 0 Å². The standard InChI is InChI=1S/C13H26OSi/c1-8-12(2)10-9-11-14-15(6,7)13(3,4)5/h8H,1-2,9-11H2,3-7H3. The number of hydrogen-bond acceptors (Lipinski definition) is 1. The van der Waals surface area contributed by atoms with Gasteiger partial charge in [0.05, 0.1) is 0 Å². The van der Waals surface area contributed by atoms with Crippen LogP contribution in [0.5, 0.6) is 0 Å². The molecule has 0 aliphatic carbocycles. The first-order chi connectivity index (χ1) is 6.70. The Balaban J connectivity index is 3.86. The fraction of sp³-hybridized carbons (Fsp3) is 0.692. The van der Waals surface area contributed by atoms with Crippen molar-refractivity contribution in [2.24, 2.45) is 0 Å². The Morgan fingerprint density at radius 3 is 2.27 bits per heavy atom. The van der Waals surface area contributed by atoms with E-state index in [0.717, 1.165) is 25.0 Å². The molecule has 0 rings (SSSR count). The van der Waals surface area contributed by atoms with E-state index in [9.17, 15) is 0 Å². The van der Waals surface area contributed by atoms with Gasteiger partial charge in [-0.15, -0.1) is 0 Å². The molecule has 0 saturated heterocycles. The molecule has 1 nitrogen and oxygen atoms in total. The third-order valence-corrected chi connectivity index (χ3v) is 7.74. The molecule has 0 bridgehead atoms. The van der Waals surface area contributed by atoms with E-state index in [1.807, 2.05) is 6.08 Å². The van der Waals surface area contributed by atoms with Gasteiger partial charge in [0.2, 0.25) is 0 Å². The minimum atomic E-state index is -1.54. The van der Waals surface area contributed by atoms with Gasteiger partial charge in [-0.25, -0.2) is 0 Å². The molecule has 0 saturated carbocycles. The largest absolute Gasteiger partial charge is 0.417 e. The lowest BCUT2D eigenvalue weighted by molar-refractivity contribution is 0.283. The molecule has 0 fully saturated rings. The van der Waals surface area contributed by atoms with Crippen molar-refractivity contribution in [3.63, 3.8) is 0 Å². The smallest absolute Gasteiger partial charge is 0.191 e. The summed E-state index contributed by atoms with van der Waals surface area (Å²) in [7, 11) is -1.54. The molecular weight excluding hydrogens is 200 g/mol. The van der Waals surface area contributed by atoms with Crippen LogP contribution < -0.4 is 0 Å². The molecule has 2 heteroatoms. The summed E-state index contributed by atoms with van der Waals surface area (Å²) >= 11 is 0. The molecule has 0 aromatic heterocycles. The maximum atomic E-state index is 6.05. The number of rotatable bonds is 6. The van der Waals surface area contributed by atoms with Crippen LogP contribution in [-0.2, 0) is 4.43 Å². The number of allylic oxidation sites excluding steroid dienone is 2. The van der Waals surface area contributed by atoms with Gasteiger partial charge < -0.3 is 4.43 Å². The second-order valence-electron chi connectivity index (χ2n) is 5.57. The Hall–Kier alpha value is -0.343. The first-order valence-electron chi connectivity index (χ1n) is 5.65. The summed E-state index contributed by atoms with van der Waals surface area (Å²) < 4.78 is 6.05. The van der Waals surface area contributed by atoms with Crippen LogP contribution in [-0.4, -0.2) is 14.9 Å². The quantitative estimate of drug-likeness (QED) is 0.367. The molecular formula is C13H26OSi. The van der Waals surface area contributed by atoms with Crippen molar-refractivity contribution < 1.29 is 4.43 Å². The molecule has 0 atom stereocenters. The van der Waals surface area contributed by atoms with Crippen LogP contribution in [0.1, 0.15) is 33.6 Å². The average molecular weight is 226 g/mol. The van der Waals surface area contributed by atoms with Crippen LogP contribution in [0.4, 0.5) is 0 Å². The van der Waals surface area contributed by atoms with E-state index >= 15 is 0 Å². The Labute approximate surface area is 96.4 Å². The van der Waals surface area contributed by atoms with E-state index < -0.39 is 8.32 Å². The van der Waals surface area contributed by atoms with Gasteiger partial charge in [0.15, 0.2) is 8.32 Å². The number of hydrogen-bond donors (Lipinski definition) is 0. The molecule has 0 amide bonds. The SMILES string of the molecule is C=CC(=C)CCCO[Si](C)(C)C(C)(C)C. The Bertz CT molecular complexity index is 223. The predicted molar refractivity (Wildman–Crippen MR) is 71.7 cm³/mol. The molecule has 0 aromatic rings. The molecule has 0 radical (unpaired) electrons. The maximum absolute atomic E-state index is 6.05. The lowest BCUT2D eigenvalue weighted by atomic mass is 10.2. The van der Waals surface area contributed by atoms with Crippen molar-refractivity contribution >= 4 is 8.32 Å². The van der Waals surface area contributed by atoms with Gasteiger partial charge in [0, 0.05) is 6.61 Å². The molecule has 88 valence electrons. The van der Waals surface area contributed by atoms with Crippen LogP contribution in [0.2, 0.25) is 18.1 Å². The third-order valence-electron chi connectivity index (χ3n) is 3.20. The van der Waals surface area contributed by atoms with Gasteiger partial charge in [0.25, 0.3) is 0 Å². The second kappa shape index (κ2) is 5.66. The lowest BCUT2D eigenvalue weighted by Crippen LogP contribution is -2.40. The topological polar surface area (TPSA) is 9.23 Å². The van der Waals surface area contributed by atoms with E-state index in [-0.39, 0.29) is 0 Å². The second-order valence-corrected chi connectivity index (χ2v) is 10.4. The maximum Gasteiger partial charge on any atom is 0.191 e. The first-order valence-corrected chi connectivity index (χ1v) is 8.56. The van der Waals surface area contributed by atoms with Gasteiger partial charge in [-0.05, 0) is 31.0 Å². The van der Waals surface area contributed by atoms with Crippen molar-refractivity contribution in [2.75, 3.05) is 6.61 Å². The highest BCUT2D eigenvalue weighted by Gasteiger charge is 2.36. The van der Waals surface area contributed by atoms with E-state index in [0.29, 0.717) is 5.04 Å². The summed E-state index contributed by atoms with van der Waals surface area (Å²) in [6.07, 6.45) is 3.88. The predicted octanol–water partition coefficient (Wildman–Crippen LogP) is 4.53. The first kappa shape index (κ1) is 14.7. The van der Waals surface area contributed by atoms with E-state index in [2.05, 4.69) is 47.0 Å². The van der Waals surface area contributed by atoms with Crippen LogP contribution in [0, 0.1) is 0 Å². The van der Waals surface area contributed by atoms with Gasteiger partial charge in [0.1, 0.15) is 0 Å². The molecule has 0 aliphatic rings. The monoisotopic (exact) mass is 226 g/mol. The fourth-order valence-corrected chi connectivity index (χ4v) is 2.03. The fourth-order valence-electron chi connectivity index (χ4n) is 0.945. The molecule has 0 heterocycles. The Morgan fingerprint density at radius 1 is 1.33 bits per heavy atom. The van der Waals surface area contributed by atoms with Crippen molar-refractivity contribution in [1.29, 1.82) is 0 Å². The summed E-state index contributed by atoms with van der Waals surface area (Å²) in [5.74, 6) is 0. The van der Waals surface area contributed by atoms with E-state index in [4.69, 9.17) is 4.43 Å². The molecule has 0 aromatic carbocycles. The van der Waals surface area contributed by atoms with Gasteiger partial charge in [-0.2, -0.15) is 0 Å². The summed E-state index contributed by atoms with van der Waals surface area (Å²) in [6.45, 7) is 19.8. The highest BCUT2D eigenvalue weighted by Crippen LogP contribution is 2.36. The third kappa shape index (κ3) is 5.33. The summed E-state index contributed by atoms with van der Waals surface area (Å²) in [6, 6.07) is 0. The average Bonchev–Trinajstić information content (AvgIpc) is 2.10. The van der Waals surface area contributed by atoms with Crippen molar-refractivity contribution in [3.05, 3.63) is 24.8 Å². The highest BCUT2D eigenvalue weighted by molar-refractivity contribution is 6.74. The zero-order valence-electron chi connectivity index (χ0n) is 11.0. The molecule has 0 aliphatic heterocycles. The molecule has 15 heavy (non-hydrogen) atoms. The van der Waals surface area contributed by atoms with Crippen molar-refractivity contribution in [3.8, 4) is 0 Å². The minimum Gasteiger partial charge on any atom is -0.417 e. The molecule has 0 unspecified atom stereocenters. The van der Waals surface area contributed by atoms with Crippen LogP contribution in [0.3, 0.4) is 0 Å². The van der Waals surface area contributed by atoms with Gasteiger partial charge >= 0.3 is 0 Å². The Kier molecular flexibility index (Phi) is 5.53. The zero-order valence-corrected chi connectivity index (χ0v) is 12.0. The van der Waals surface area contributed by atoms with Crippen molar-refractivity contribution in [1.82, 2.24) is 0 Å². The van der Waals surface area contributed by atoms with E-state index in [1.54, 1.807) is 0 Å². The summed E-state index contributed by atoms with van der Waals surface area (Å²) in [5, 5.41) is 0.308. The van der Waals surface area contributed by atoms with Crippen molar-refractivity contribution in [2.45, 2.75) is 51.7 Å². The van der Waals surface area contributed by atoms with Gasteiger partial charge in [-0.3, -0.25) is 0 Å². The van der Waals surface area contributed by atoms with Crippen LogP contribution in [0.25, 0.3) is 0 Å². The molecule has 0 spiro atoms.